The molecule has 0 aliphatic carbocycles. The highest BCUT2D eigenvalue weighted by Gasteiger charge is 2.50. The number of aromatic amines is 1. The van der Waals surface area contributed by atoms with Crippen molar-refractivity contribution in [3.05, 3.63) is 59.3 Å². The van der Waals surface area contributed by atoms with Crippen LogP contribution in [-0.4, -0.2) is 60.6 Å². The molecule has 0 saturated carbocycles. The lowest BCUT2D eigenvalue weighted by molar-refractivity contribution is -0.136. The van der Waals surface area contributed by atoms with Crippen molar-refractivity contribution in [2.45, 2.75) is 32.2 Å². The first-order valence-corrected chi connectivity index (χ1v) is 11.4. The number of nitrogens with one attached hydrogen (secondary N) is 1. The molecule has 2 aliphatic heterocycles. The van der Waals surface area contributed by atoms with Gasteiger partial charge in [-0.25, -0.2) is 0 Å². The number of hydrogen-bond acceptors (Lipinski definition) is 4. The van der Waals surface area contributed by atoms with Gasteiger partial charge in [-0.15, -0.1) is 0 Å². The highest BCUT2D eigenvalue weighted by Crippen LogP contribution is 2.45. The van der Waals surface area contributed by atoms with E-state index in [1.165, 1.54) is 16.6 Å². The number of aromatic nitrogens is 1. The van der Waals surface area contributed by atoms with E-state index in [4.69, 9.17) is 9.47 Å². The van der Waals surface area contributed by atoms with Crippen LogP contribution >= 0.6 is 0 Å². The number of amides is 1. The smallest absolute Gasteiger partial charge is 0.220 e. The summed E-state index contributed by atoms with van der Waals surface area (Å²) in [5, 5.41) is 1.21. The van der Waals surface area contributed by atoms with E-state index < -0.39 is 0 Å². The molecule has 1 amide bonds. The van der Waals surface area contributed by atoms with E-state index >= 15 is 0 Å². The first-order valence-electron chi connectivity index (χ1n) is 11.4. The molecule has 0 bridgehead atoms. The van der Waals surface area contributed by atoms with Crippen LogP contribution in [0.15, 0.2) is 42.5 Å². The van der Waals surface area contributed by atoms with Crippen molar-refractivity contribution >= 4 is 16.8 Å². The molecule has 2 aromatic carbocycles. The quantitative estimate of drug-likeness (QED) is 0.664. The molecule has 1 fully saturated rings. The molecule has 6 heteroatoms. The molecule has 1 unspecified atom stereocenters. The monoisotopic (exact) mass is 433 g/mol. The zero-order valence-corrected chi connectivity index (χ0v) is 19.1. The van der Waals surface area contributed by atoms with Crippen molar-refractivity contribution in [1.82, 2.24) is 14.8 Å². The van der Waals surface area contributed by atoms with Gasteiger partial charge in [0.2, 0.25) is 5.91 Å². The minimum Gasteiger partial charge on any atom is -0.497 e. The topological polar surface area (TPSA) is 57.8 Å². The summed E-state index contributed by atoms with van der Waals surface area (Å²) in [6.07, 6.45) is 1.79. The predicted octanol–water partition coefficient (Wildman–Crippen LogP) is 3.87. The first-order chi connectivity index (χ1) is 15.5. The number of nitrogens with zero attached hydrogens (tertiary/aromatic N) is 2. The van der Waals surface area contributed by atoms with Crippen molar-refractivity contribution in [3.63, 3.8) is 0 Å². The third-order valence-electron chi connectivity index (χ3n) is 7.15. The number of benzene rings is 2. The normalized spacial score (nSPS) is 20.7. The molecule has 1 saturated heterocycles. The van der Waals surface area contributed by atoms with Crippen molar-refractivity contribution in [3.8, 4) is 11.5 Å². The van der Waals surface area contributed by atoms with E-state index in [2.05, 4.69) is 39.9 Å². The van der Waals surface area contributed by atoms with Crippen molar-refractivity contribution in [2.75, 3.05) is 39.9 Å². The van der Waals surface area contributed by atoms with Crippen LogP contribution in [0.4, 0.5) is 0 Å². The van der Waals surface area contributed by atoms with Gasteiger partial charge in [0.15, 0.2) is 0 Å². The summed E-state index contributed by atoms with van der Waals surface area (Å²) in [5.74, 6) is 1.95. The molecule has 3 aromatic rings. The van der Waals surface area contributed by atoms with E-state index in [0.29, 0.717) is 6.61 Å². The summed E-state index contributed by atoms with van der Waals surface area (Å²) in [6.45, 7) is 7.75. The average molecular weight is 434 g/mol. The first kappa shape index (κ1) is 20.9. The second-order valence-corrected chi connectivity index (χ2v) is 8.98. The number of para-hydroxylation sites is 1. The van der Waals surface area contributed by atoms with Gasteiger partial charge in [-0.2, -0.15) is 0 Å². The van der Waals surface area contributed by atoms with Crippen molar-refractivity contribution in [2.24, 2.45) is 0 Å². The van der Waals surface area contributed by atoms with Crippen LogP contribution in [0.3, 0.4) is 0 Å². The maximum atomic E-state index is 12.7. The summed E-state index contributed by atoms with van der Waals surface area (Å²) in [5.41, 5.74) is 4.48. The minimum atomic E-state index is -0.311. The van der Waals surface area contributed by atoms with Crippen LogP contribution in [-0.2, 0) is 16.8 Å². The molecule has 1 atom stereocenters. The number of carbonyl (C=O) groups excluding carboxylic acids is 1. The van der Waals surface area contributed by atoms with Gasteiger partial charge in [0, 0.05) is 49.7 Å². The van der Waals surface area contributed by atoms with Gasteiger partial charge in [-0.1, -0.05) is 18.2 Å². The Morgan fingerprint density at radius 2 is 2.03 bits per heavy atom. The fourth-order valence-electron chi connectivity index (χ4n) is 5.53. The number of aryl methyl sites for hydroxylation is 1. The summed E-state index contributed by atoms with van der Waals surface area (Å²) >= 11 is 0. The summed E-state index contributed by atoms with van der Waals surface area (Å²) in [4.78, 5) is 20.9. The molecule has 32 heavy (non-hydrogen) atoms. The lowest BCUT2D eigenvalue weighted by Gasteiger charge is -2.44. The highest BCUT2D eigenvalue weighted by molar-refractivity contribution is 5.87. The Labute approximate surface area is 189 Å². The highest BCUT2D eigenvalue weighted by atomic mass is 16.5. The summed E-state index contributed by atoms with van der Waals surface area (Å²) < 4.78 is 11.5. The van der Waals surface area contributed by atoms with Gasteiger partial charge in [0.25, 0.3) is 0 Å². The van der Waals surface area contributed by atoms with E-state index in [-0.39, 0.29) is 11.4 Å². The number of likely N-dealkylation sites (tertiary alicyclic amines) is 1. The number of carbonyl (C=O) groups is 1. The maximum Gasteiger partial charge on any atom is 0.220 e. The third-order valence-corrected chi connectivity index (χ3v) is 7.15. The summed E-state index contributed by atoms with van der Waals surface area (Å²) in [6, 6.07) is 14.3. The number of methoxy groups -OCH3 is 1. The van der Waals surface area contributed by atoms with Gasteiger partial charge < -0.3 is 19.4 Å². The number of rotatable bonds is 5. The molecule has 1 aromatic heterocycles. The van der Waals surface area contributed by atoms with Gasteiger partial charge in [0.05, 0.1) is 12.6 Å². The Kier molecular flexibility index (Phi) is 5.33. The largest absolute Gasteiger partial charge is 0.497 e. The van der Waals surface area contributed by atoms with Crippen molar-refractivity contribution in [1.29, 1.82) is 0 Å². The van der Waals surface area contributed by atoms with Crippen LogP contribution in [0, 0.1) is 6.92 Å². The van der Waals surface area contributed by atoms with Gasteiger partial charge >= 0.3 is 0 Å². The fraction of sp³-hybridized carbons (Fsp3) is 0.423. The molecule has 5 rings (SSSR count). The molecular weight excluding hydrogens is 402 g/mol. The van der Waals surface area contributed by atoms with Gasteiger partial charge in [0.1, 0.15) is 18.1 Å². The van der Waals surface area contributed by atoms with Crippen LogP contribution in [0.25, 0.3) is 10.9 Å². The molecule has 2 aliphatic rings. The maximum absolute atomic E-state index is 12.7. The van der Waals surface area contributed by atoms with Gasteiger partial charge in [-0.05, 0) is 55.2 Å². The Morgan fingerprint density at radius 1 is 1.19 bits per heavy atom. The van der Waals surface area contributed by atoms with Crippen LogP contribution < -0.4 is 9.47 Å². The van der Waals surface area contributed by atoms with Crippen molar-refractivity contribution < 1.29 is 14.3 Å². The second kappa shape index (κ2) is 8.17. The average Bonchev–Trinajstić information content (AvgIpc) is 3.37. The molecule has 3 heterocycles. The number of ether oxygens (including phenoxy) is 2. The Balaban J connectivity index is 1.41. The molecule has 6 nitrogen and oxygen atoms in total. The summed E-state index contributed by atoms with van der Waals surface area (Å²) in [7, 11) is 1.70. The lowest BCUT2D eigenvalue weighted by Crippen LogP contribution is -2.54. The third kappa shape index (κ3) is 3.43. The molecule has 0 radical (unpaired) electrons. The second-order valence-electron chi connectivity index (χ2n) is 8.98. The SMILES string of the molecule is COc1ccc2[nH]c3c(c2c1)CCN(C(C)=O)C31CCN(CCOc2ccccc2C)C1. The van der Waals surface area contributed by atoms with Crippen LogP contribution in [0.2, 0.25) is 0 Å². The van der Waals surface area contributed by atoms with E-state index in [0.717, 1.165) is 61.6 Å². The van der Waals surface area contributed by atoms with Gasteiger partial charge in [-0.3, -0.25) is 9.69 Å². The number of hydrogen-bond donors (Lipinski definition) is 1. The minimum absolute atomic E-state index is 0.143. The number of fused-ring (bicyclic) bond motifs is 4. The van der Waals surface area contributed by atoms with Crippen LogP contribution in [0.5, 0.6) is 11.5 Å². The molecule has 1 spiro atoms. The molecule has 168 valence electrons. The predicted molar refractivity (Wildman–Crippen MR) is 125 cm³/mol. The Bertz CT molecular complexity index is 1150. The zero-order valence-electron chi connectivity index (χ0n) is 19.1. The van der Waals surface area contributed by atoms with E-state index in [1.807, 2.05) is 24.3 Å². The Morgan fingerprint density at radius 3 is 2.81 bits per heavy atom. The van der Waals surface area contributed by atoms with Crippen LogP contribution in [0.1, 0.15) is 30.2 Å². The molecule has 1 N–H and O–H groups in total. The number of H-pyrrole nitrogens is 1. The Hall–Kier alpha value is -2.99. The van der Waals surface area contributed by atoms with E-state index in [9.17, 15) is 4.79 Å². The zero-order chi connectivity index (χ0) is 22.3. The fourth-order valence-corrected chi connectivity index (χ4v) is 5.53. The van der Waals surface area contributed by atoms with E-state index in [1.54, 1.807) is 14.0 Å². The standard InChI is InChI=1S/C26H31N3O3/c1-18-6-4-5-7-24(18)32-15-14-28-13-11-26(17-28)25-21(10-12-29(26)19(2)30)22-16-20(31-3)8-9-23(22)27-25/h4-9,16,27H,10-15,17H2,1-3H3. The molecular formula is C26H31N3O3. The lowest BCUT2D eigenvalue weighted by atomic mass is 9.84.